The number of carboxylic acid groups (broad SMARTS) is 1. The molecule has 86 valence electrons. The van der Waals surface area contributed by atoms with Crippen molar-refractivity contribution < 1.29 is 23.1 Å². The van der Waals surface area contributed by atoms with E-state index in [1.165, 1.54) is 0 Å². The highest BCUT2D eigenvalue weighted by Gasteiger charge is 2.31. The standard InChI is InChI=1S/C10H6ClF3O2/c1-5(9(15)16)6-2-7(10(12,13)14)4-8(11)3-6/h2-4H,1H2,(H,15,16). The van der Waals surface area contributed by atoms with Gasteiger partial charge in [-0.3, -0.25) is 0 Å². The fourth-order valence-electron chi connectivity index (χ4n) is 1.05. The van der Waals surface area contributed by atoms with E-state index in [0.29, 0.717) is 6.07 Å². The van der Waals surface area contributed by atoms with Gasteiger partial charge in [0.05, 0.1) is 11.1 Å². The van der Waals surface area contributed by atoms with Crippen LogP contribution in [0.2, 0.25) is 5.02 Å². The van der Waals surface area contributed by atoms with Gasteiger partial charge in [0.25, 0.3) is 0 Å². The van der Waals surface area contributed by atoms with Gasteiger partial charge in [-0.15, -0.1) is 0 Å². The average molecular weight is 251 g/mol. The Morgan fingerprint density at radius 3 is 2.31 bits per heavy atom. The molecule has 6 heteroatoms. The molecule has 0 atom stereocenters. The molecule has 0 aromatic heterocycles. The topological polar surface area (TPSA) is 37.3 Å². The summed E-state index contributed by atoms with van der Waals surface area (Å²) in [6, 6.07) is 2.54. The van der Waals surface area contributed by atoms with E-state index < -0.39 is 23.3 Å². The first kappa shape index (κ1) is 12.6. The highest BCUT2D eigenvalue weighted by Crippen LogP contribution is 2.33. The number of aliphatic carboxylic acids is 1. The molecule has 0 aliphatic carbocycles. The van der Waals surface area contributed by atoms with Crippen LogP contribution in [0.3, 0.4) is 0 Å². The van der Waals surface area contributed by atoms with E-state index in [1.807, 2.05) is 0 Å². The quantitative estimate of drug-likeness (QED) is 0.816. The van der Waals surface area contributed by atoms with E-state index >= 15 is 0 Å². The molecule has 0 spiro atoms. The first-order chi connectivity index (χ1) is 7.21. The predicted octanol–water partition coefficient (Wildman–Crippen LogP) is 3.46. The van der Waals surface area contributed by atoms with Gasteiger partial charge in [0.15, 0.2) is 0 Å². The molecule has 1 rings (SSSR count). The van der Waals surface area contributed by atoms with Crippen LogP contribution < -0.4 is 0 Å². The summed E-state index contributed by atoms with van der Waals surface area (Å²) in [6.07, 6.45) is -4.57. The second-order valence-corrected chi connectivity index (χ2v) is 3.45. The summed E-state index contributed by atoms with van der Waals surface area (Å²) >= 11 is 5.47. The lowest BCUT2D eigenvalue weighted by Gasteiger charge is -2.09. The van der Waals surface area contributed by atoms with Crippen LogP contribution in [0.15, 0.2) is 24.8 Å². The van der Waals surface area contributed by atoms with Crippen LogP contribution in [0.4, 0.5) is 13.2 Å². The number of hydrogen-bond acceptors (Lipinski definition) is 1. The zero-order chi connectivity index (χ0) is 12.5. The third-order valence-electron chi connectivity index (χ3n) is 1.83. The van der Waals surface area contributed by atoms with E-state index in [-0.39, 0.29) is 10.6 Å². The summed E-state index contributed by atoms with van der Waals surface area (Å²) in [5.41, 5.74) is -1.60. The zero-order valence-electron chi connectivity index (χ0n) is 7.81. The van der Waals surface area contributed by atoms with Crippen molar-refractivity contribution >= 4 is 23.1 Å². The van der Waals surface area contributed by atoms with E-state index in [1.54, 1.807) is 0 Å². The fraction of sp³-hybridized carbons (Fsp3) is 0.100. The molecule has 0 saturated carbocycles. The Bertz CT molecular complexity index is 452. The van der Waals surface area contributed by atoms with Crippen LogP contribution in [-0.4, -0.2) is 11.1 Å². The molecular formula is C10H6ClF3O2. The van der Waals surface area contributed by atoms with Crippen LogP contribution >= 0.6 is 11.6 Å². The number of rotatable bonds is 2. The third kappa shape index (κ3) is 2.76. The van der Waals surface area contributed by atoms with Crippen LogP contribution in [0.1, 0.15) is 11.1 Å². The molecule has 1 aromatic rings. The maximum Gasteiger partial charge on any atom is 0.416 e. The number of alkyl halides is 3. The van der Waals surface area contributed by atoms with Crippen molar-refractivity contribution in [2.45, 2.75) is 6.18 Å². The monoisotopic (exact) mass is 250 g/mol. The number of benzene rings is 1. The Morgan fingerprint density at radius 1 is 1.31 bits per heavy atom. The van der Waals surface area contributed by atoms with Gasteiger partial charge in [-0.1, -0.05) is 18.2 Å². The molecule has 1 aromatic carbocycles. The van der Waals surface area contributed by atoms with Crippen molar-refractivity contribution in [2.75, 3.05) is 0 Å². The first-order valence-corrected chi connectivity index (χ1v) is 4.40. The van der Waals surface area contributed by atoms with Crippen molar-refractivity contribution in [1.29, 1.82) is 0 Å². The van der Waals surface area contributed by atoms with E-state index in [4.69, 9.17) is 16.7 Å². The Kier molecular flexibility index (Phi) is 3.28. The lowest BCUT2D eigenvalue weighted by atomic mass is 10.0. The molecule has 0 saturated heterocycles. The Balaban J connectivity index is 3.29. The van der Waals surface area contributed by atoms with Gasteiger partial charge in [-0.25, -0.2) is 4.79 Å². The first-order valence-electron chi connectivity index (χ1n) is 4.02. The predicted molar refractivity (Wildman–Crippen MR) is 53.1 cm³/mol. The van der Waals surface area contributed by atoms with Gasteiger partial charge >= 0.3 is 12.1 Å². The largest absolute Gasteiger partial charge is 0.478 e. The third-order valence-corrected chi connectivity index (χ3v) is 2.05. The van der Waals surface area contributed by atoms with E-state index in [9.17, 15) is 18.0 Å². The van der Waals surface area contributed by atoms with E-state index in [2.05, 4.69) is 6.58 Å². The van der Waals surface area contributed by atoms with Crippen LogP contribution in [0.5, 0.6) is 0 Å². The second kappa shape index (κ2) is 4.17. The van der Waals surface area contributed by atoms with Crippen LogP contribution in [0, 0.1) is 0 Å². The minimum Gasteiger partial charge on any atom is -0.478 e. The van der Waals surface area contributed by atoms with Gasteiger partial charge in [0, 0.05) is 5.02 Å². The molecule has 0 aliphatic rings. The smallest absolute Gasteiger partial charge is 0.416 e. The van der Waals surface area contributed by atoms with Gasteiger partial charge in [0.1, 0.15) is 0 Å². The Labute approximate surface area is 94.0 Å². The summed E-state index contributed by atoms with van der Waals surface area (Å²) in [6.45, 7) is 3.16. The van der Waals surface area contributed by atoms with Crippen molar-refractivity contribution in [3.05, 3.63) is 40.9 Å². The van der Waals surface area contributed by atoms with Crippen molar-refractivity contribution in [3.8, 4) is 0 Å². The second-order valence-electron chi connectivity index (χ2n) is 3.01. The summed E-state index contributed by atoms with van der Waals surface area (Å²) < 4.78 is 37.1. The highest BCUT2D eigenvalue weighted by molar-refractivity contribution is 6.31. The summed E-state index contributed by atoms with van der Waals surface area (Å²) in [4.78, 5) is 10.5. The minimum atomic E-state index is -4.57. The van der Waals surface area contributed by atoms with Gasteiger partial charge in [-0.05, 0) is 23.8 Å². The lowest BCUT2D eigenvalue weighted by Crippen LogP contribution is -2.06. The number of carbonyl (C=O) groups is 1. The maximum atomic E-state index is 12.4. The molecule has 2 nitrogen and oxygen atoms in total. The zero-order valence-corrected chi connectivity index (χ0v) is 8.56. The molecular weight excluding hydrogens is 245 g/mol. The normalized spacial score (nSPS) is 11.2. The molecule has 0 radical (unpaired) electrons. The lowest BCUT2D eigenvalue weighted by molar-refractivity contribution is -0.137. The molecule has 0 amide bonds. The number of hydrogen-bond donors (Lipinski definition) is 1. The molecule has 0 fully saturated rings. The van der Waals surface area contributed by atoms with Crippen LogP contribution in [-0.2, 0) is 11.0 Å². The number of halogens is 4. The van der Waals surface area contributed by atoms with Gasteiger partial charge < -0.3 is 5.11 Å². The molecule has 0 bridgehead atoms. The number of carboxylic acids is 1. The molecule has 0 heterocycles. The summed E-state index contributed by atoms with van der Waals surface area (Å²) in [7, 11) is 0. The molecule has 1 N–H and O–H groups in total. The molecule has 16 heavy (non-hydrogen) atoms. The van der Waals surface area contributed by atoms with Crippen molar-refractivity contribution in [1.82, 2.24) is 0 Å². The SMILES string of the molecule is C=C(C(=O)O)c1cc(Cl)cc(C(F)(F)F)c1. The minimum absolute atomic E-state index is 0.160. The van der Waals surface area contributed by atoms with Gasteiger partial charge in [0.2, 0.25) is 0 Å². The van der Waals surface area contributed by atoms with Crippen LogP contribution in [0.25, 0.3) is 5.57 Å². The summed E-state index contributed by atoms with van der Waals surface area (Å²) in [5, 5.41) is 8.41. The van der Waals surface area contributed by atoms with Crippen molar-refractivity contribution in [2.24, 2.45) is 0 Å². The van der Waals surface area contributed by atoms with E-state index in [0.717, 1.165) is 12.1 Å². The highest BCUT2D eigenvalue weighted by atomic mass is 35.5. The average Bonchev–Trinajstić information content (AvgIpc) is 2.14. The van der Waals surface area contributed by atoms with Crippen molar-refractivity contribution in [3.63, 3.8) is 0 Å². The summed E-state index contributed by atoms with van der Waals surface area (Å²) in [5.74, 6) is -1.39. The fourth-order valence-corrected chi connectivity index (χ4v) is 1.29. The Morgan fingerprint density at radius 2 is 1.88 bits per heavy atom. The molecule has 0 unspecified atom stereocenters. The van der Waals surface area contributed by atoms with Gasteiger partial charge in [-0.2, -0.15) is 13.2 Å². The maximum absolute atomic E-state index is 12.4. The Hall–Kier alpha value is -1.49. The molecule has 0 aliphatic heterocycles.